The van der Waals surface area contributed by atoms with Crippen molar-refractivity contribution in [2.24, 2.45) is 0 Å². The van der Waals surface area contributed by atoms with Gasteiger partial charge in [0, 0.05) is 24.6 Å². The lowest BCUT2D eigenvalue weighted by atomic mass is 10.1. The van der Waals surface area contributed by atoms with Crippen LogP contribution in [0, 0.1) is 0 Å². The molecule has 2 rings (SSSR count). The maximum Gasteiger partial charge on any atom is 0.237 e. The van der Waals surface area contributed by atoms with Crippen molar-refractivity contribution in [3.63, 3.8) is 0 Å². The van der Waals surface area contributed by atoms with Gasteiger partial charge in [-0.3, -0.25) is 4.79 Å². The molecule has 0 saturated heterocycles. The average molecular weight is 266 g/mol. The van der Waals surface area contributed by atoms with Crippen molar-refractivity contribution in [3.05, 3.63) is 23.8 Å². The molecule has 0 fully saturated rings. The first-order valence-corrected chi connectivity index (χ1v) is 7.06. The van der Waals surface area contributed by atoms with Gasteiger partial charge in [-0.05, 0) is 31.2 Å². The summed E-state index contributed by atoms with van der Waals surface area (Å²) < 4.78 is 0. The Hall–Kier alpha value is -1.04. The van der Waals surface area contributed by atoms with Crippen molar-refractivity contribution in [1.29, 1.82) is 0 Å². The first-order chi connectivity index (χ1) is 8.76. The number of aliphatic hydroxyl groups is 1. The number of carbonyl (C=O) groups is 1. The highest BCUT2D eigenvalue weighted by Crippen LogP contribution is 2.36. The van der Waals surface area contributed by atoms with Gasteiger partial charge in [-0.1, -0.05) is 6.07 Å². The van der Waals surface area contributed by atoms with Crippen LogP contribution in [0.4, 0.5) is 5.69 Å². The number of hydrogen-bond acceptors (Lipinski definition) is 4. The number of fused-ring (bicyclic) bond motifs is 1. The summed E-state index contributed by atoms with van der Waals surface area (Å²) in [7, 11) is 1.91. The van der Waals surface area contributed by atoms with Gasteiger partial charge < -0.3 is 15.3 Å². The number of carbonyl (C=O) groups excluding carboxylic acids is 1. The van der Waals surface area contributed by atoms with Gasteiger partial charge in [-0.2, -0.15) is 0 Å². The van der Waals surface area contributed by atoms with Gasteiger partial charge in [-0.25, -0.2) is 0 Å². The Morgan fingerprint density at radius 3 is 3.06 bits per heavy atom. The van der Waals surface area contributed by atoms with Crippen molar-refractivity contribution in [1.82, 2.24) is 5.32 Å². The number of amides is 1. The van der Waals surface area contributed by atoms with Crippen LogP contribution in [0.15, 0.2) is 23.1 Å². The molecular weight excluding hydrogens is 248 g/mol. The number of rotatable bonds is 5. The molecule has 5 heteroatoms. The predicted molar refractivity (Wildman–Crippen MR) is 74.0 cm³/mol. The SMILES string of the molecule is CNCc1ccc2c(c1)N(CCCO)C(=O)CS2. The average Bonchev–Trinajstić information content (AvgIpc) is 2.38. The molecule has 2 N–H and O–H groups in total. The third-order valence-corrected chi connectivity index (χ3v) is 3.93. The summed E-state index contributed by atoms with van der Waals surface area (Å²) in [5.41, 5.74) is 2.15. The molecule has 18 heavy (non-hydrogen) atoms. The number of benzene rings is 1. The first-order valence-electron chi connectivity index (χ1n) is 6.08. The van der Waals surface area contributed by atoms with Gasteiger partial charge in [0.1, 0.15) is 0 Å². The second-order valence-electron chi connectivity index (χ2n) is 4.24. The third kappa shape index (κ3) is 2.85. The van der Waals surface area contributed by atoms with Gasteiger partial charge in [0.15, 0.2) is 0 Å². The molecule has 0 aromatic heterocycles. The smallest absolute Gasteiger partial charge is 0.237 e. The molecule has 1 aromatic rings. The standard InChI is InChI=1S/C13H18N2O2S/c1-14-8-10-3-4-12-11(7-10)15(5-2-6-16)13(17)9-18-12/h3-4,7,14,16H,2,5-6,8-9H2,1H3. The van der Waals surface area contributed by atoms with E-state index in [4.69, 9.17) is 5.11 Å². The predicted octanol–water partition coefficient (Wildman–Crippen LogP) is 1.23. The van der Waals surface area contributed by atoms with E-state index in [2.05, 4.69) is 23.5 Å². The lowest BCUT2D eigenvalue weighted by molar-refractivity contribution is -0.116. The van der Waals surface area contributed by atoms with Crippen molar-refractivity contribution in [3.8, 4) is 0 Å². The second-order valence-corrected chi connectivity index (χ2v) is 5.26. The Morgan fingerprint density at radius 1 is 1.50 bits per heavy atom. The van der Waals surface area contributed by atoms with Crippen LogP contribution in [0.25, 0.3) is 0 Å². The summed E-state index contributed by atoms with van der Waals surface area (Å²) >= 11 is 1.59. The largest absolute Gasteiger partial charge is 0.396 e. The highest BCUT2D eigenvalue weighted by molar-refractivity contribution is 8.00. The quantitative estimate of drug-likeness (QED) is 0.841. The fourth-order valence-electron chi connectivity index (χ4n) is 2.04. The first kappa shape index (κ1) is 13.4. The van der Waals surface area contributed by atoms with Crippen LogP contribution in [-0.4, -0.2) is 37.0 Å². The molecule has 1 aliphatic rings. The van der Waals surface area contributed by atoms with Crippen LogP contribution in [0.2, 0.25) is 0 Å². The highest BCUT2D eigenvalue weighted by Gasteiger charge is 2.24. The fourth-order valence-corrected chi connectivity index (χ4v) is 2.95. The topological polar surface area (TPSA) is 52.6 Å². The van der Waals surface area contributed by atoms with Crippen LogP contribution in [0.1, 0.15) is 12.0 Å². The Morgan fingerprint density at radius 2 is 2.33 bits per heavy atom. The van der Waals surface area contributed by atoms with Crippen LogP contribution in [-0.2, 0) is 11.3 Å². The Labute approximate surface area is 111 Å². The highest BCUT2D eigenvalue weighted by atomic mass is 32.2. The Balaban J connectivity index is 2.27. The molecular formula is C13H18N2O2S. The number of thioether (sulfide) groups is 1. The molecule has 4 nitrogen and oxygen atoms in total. The normalized spacial score (nSPS) is 14.8. The Bertz CT molecular complexity index is 437. The molecule has 0 unspecified atom stereocenters. The third-order valence-electron chi connectivity index (χ3n) is 2.89. The van der Waals surface area contributed by atoms with Gasteiger partial charge in [0.2, 0.25) is 5.91 Å². The summed E-state index contributed by atoms with van der Waals surface area (Å²) in [5.74, 6) is 0.617. The molecule has 1 heterocycles. The van der Waals surface area contributed by atoms with E-state index < -0.39 is 0 Å². The zero-order chi connectivity index (χ0) is 13.0. The summed E-state index contributed by atoms with van der Waals surface area (Å²) in [6.07, 6.45) is 0.617. The van der Waals surface area contributed by atoms with E-state index in [0.717, 1.165) is 17.1 Å². The van der Waals surface area contributed by atoms with Gasteiger partial charge >= 0.3 is 0 Å². The molecule has 0 saturated carbocycles. The molecule has 0 spiro atoms. The van der Waals surface area contributed by atoms with E-state index in [-0.39, 0.29) is 12.5 Å². The summed E-state index contributed by atoms with van der Waals surface area (Å²) in [6, 6.07) is 6.22. The second kappa shape index (κ2) is 6.22. The summed E-state index contributed by atoms with van der Waals surface area (Å²) in [6.45, 7) is 1.49. The van der Waals surface area contributed by atoms with E-state index in [9.17, 15) is 4.79 Å². The number of nitrogens with zero attached hydrogens (tertiary/aromatic N) is 1. The lowest BCUT2D eigenvalue weighted by Gasteiger charge is -2.29. The number of nitrogens with one attached hydrogen (secondary N) is 1. The molecule has 1 aliphatic heterocycles. The Kier molecular flexibility index (Phi) is 4.63. The lowest BCUT2D eigenvalue weighted by Crippen LogP contribution is -2.36. The van der Waals surface area contributed by atoms with Crippen LogP contribution >= 0.6 is 11.8 Å². The molecule has 0 aliphatic carbocycles. The van der Waals surface area contributed by atoms with Crippen LogP contribution < -0.4 is 10.2 Å². The van der Waals surface area contributed by atoms with Crippen LogP contribution in [0.5, 0.6) is 0 Å². The van der Waals surface area contributed by atoms with Crippen molar-refractivity contribution < 1.29 is 9.90 Å². The van der Waals surface area contributed by atoms with Crippen molar-refractivity contribution in [2.45, 2.75) is 17.9 Å². The minimum absolute atomic E-state index is 0.114. The monoisotopic (exact) mass is 266 g/mol. The molecule has 0 atom stereocenters. The minimum atomic E-state index is 0.114. The van der Waals surface area contributed by atoms with Crippen molar-refractivity contribution in [2.75, 3.05) is 30.9 Å². The fraction of sp³-hybridized carbons (Fsp3) is 0.462. The zero-order valence-electron chi connectivity index (χ0n) is 10.5. The van der Waals surface area contributed by atoms with E-state index >= 15 is 0 Å². The molecule has 0 bridgehead atoms. The maximum absolute atomic E-state index is 11.9. The van der Waals surface area contributed by atoms with Crippen molar-refractivity contribution >= 4 is 23.4 Å². The van der Waals surface area contributed by atoms with Gasteiger partial charge in [0.25, 0.3) is 0 Å². The van der Waals surface area contributed by atoms with Gasteiger partial charge in [0.05, 0.1) is 11.4 Å². The van der Waals surface area contributed by atoms with E-state index in [0.29, 0.717) is 18.7 Å². The summed E-state index contributed by atoms with van der Waals surface area (Å²) in [5, 5.41) is 12.0. The zero-order valence-corrected chi connectivity index (χ0v) is 11.3. The number of anilines is 1. The van der Waals surface area contributed by atoms with E-state index in [1.54, 1.807) is 16.7 Å². The molecule has 1 aromatic carbocycles. The molecule has 1 amide bonds. The van der Waals surface area contributed by atoms with Gasteiger partial charge in [-0.15, -0.1) is 11.8 Å². The van der Waals surface area contributed by atoms with E-state index in [1.165, 1.54) is 5.56 Å². The maximum atomic E-state index is 11.9. The molecule has 98 valence electrons. The minimum Gasteiger partial charge on any atom is -0.396 e. The number of aliphatic hydroxyl groups excluding tert-OH is 1. The molecule has 0 radical (unpaired) electrons. The van der Waals surface area contributed by atoms with Crippen LogP contribution in [0.3, 0.4) is 0 Å². The number of hydrogen-bond donors (Lipinski definition) is 2. The summed E-state index contributed by atoms with van der Waals surface area (Å²) in [4.78, 5) is 14.9. The van der Waals surface area contributed by atoms with E-state index in [1.807, 2.05) is 7.05 Å².